The molecule has 1 aliphatic rings. The van der Waals surface area contributed by atoms with Gasteiger partial charge in [-0.3, -0.25) is 0 Å². The number of piperidine rings is 1. The third kappa shape index (κ3) is 5.51. The zero-order valence-electron chi connectivity index (χ0n) is 9.14. The maximum atomic E-state index is 12.1. The van der Waals surface area contributed by atoms with Gasteiger partial charge in [-0.25, -0.2) is 0 Å². The summed E-state index contributed by atoms with van der Waals surface area (Å²) < 4.78 is 36.3. The monoisotopic (exact) mass is 233 g/mol. The molecule has 0 saturated carbocycles. The largest absolute Gasteiger partial charge is 1.00 e. The molecule has 1 heterocycles. The molecular weight excluding hydrogens is 217 g/mol. The molecule has 1 fully saturated rings. The smallest absolute Gasteiger partial charge is 0.448 e. The number of rotatable bonds is 2. The van der Waals surface area contributed by atoms with E-state index in [-0.39, 0.29) is 51.4 Å². The van der Waals surface area contributed by atoms with E-state index in [4.69, 9.17) is 0 Å². The Bertz CT molecular complexity index is 176. The van der Waals surface area contributed by atoms with Gasteiger partial charge < -0.3 is 17.8 Å². The second kappa shape index (κ2) is 6.25. The number of nitrogens with zero attached hydrogens (tertiary/aromatic N) is 1. The van der Waals surface area contributed by atoms with Crippen molar-refractivity contribution in [3.63, 3.8) is 0 Å². The van der Waals surface area contributed by atoms with Crippen LogP contribution in [-0.4, -0.2) is 31.4 Å². The molecule has 2 unspecified atom stereocenters. The molecule has 78 valence electrons. The zero-order valence-corrected chi connectivity index (χ0v) is 12.3. The van der Waals surface area contributed by atoms with Gasteiger partial charge in [0.25, 0.3) is 0 Å². The molecular formula is C8H16BF3KN. The Labute approximate surface area is 126 Å². The zero-order chi connectivity index (χ0) is 10.1. The van der Waals surface area contributed by atoms with E-state index in [1.54, 1.807) is 0 Å². The minimum atomic E-state index is -4.64. The first-order chi connectivity index (χ1) is 5.88. The fourth-order valence-electron chi connectivity index (χ4n) is 1.81. The minimum absolute atomic E-state index is 0. The van der Waals surface area contributed by atoms with Crippen LogP contribution in [0.15, 0.2) is 0 Å². The van der Waals surface area contributed by atoms with Crippen molar-refractivity contribution in [3.05, 3.63) is 0 Å². The first kappa shape index (κ1) is 15.5. The van der Waals surface area contributed by atoms with Crippen LogP contribution in [0.3, 0.4) is 0 Å². The summed E-state index contributed by atoms with van der Waals surface area (Å²) >= 11 is 0. The Morgan fingerprint density at radius 2 is 1.79 bits per heavy atom. The Kier molecular flexibility index (Phi) is 6.90. The first-order valence-corrected chi connectivity index (χ1v) is 4.82. The van der Waals surface area contributed by atoms with Crippen LogP contribution in [0.2, 0.25) is 0 Å². The molecule has 1 rings (SSSR count). The molecule has 0 aliphatic carbocycles. The number of hydrogen-bond acceptors (Lipinski definition) is 1. The predicted octanol–water partition coefficient (Wildman–Crippen LogP) is -0.645. The molecule has 0 spiro atoms. The van der Waals surface area contributed by atoms with Crippen molar-refractivity contribution in [2.24, 2.45) is 11.8 Å². The number of halogens is 3. The molecule has 6 heteroatoms. The third-order valence-corrected chi connectivity index (χ3v) is 2.88. The molecule has 0 N–H and O–H groups in total. The van der Waals surface area contributed by atoms with Crippen molar-refractivity contribution in [1.82, 2.24) is 4.90 Å². The average Bonchev–Trinajstić information content (AvgIpc) is 1.94. The maximum Gasteiger partial charge on any atom is 1.00 e. The molecule has 0 aromatic heterocycles. The van der Waals surface area contributed by atoms with E-state index in [1.807, 2.05) is 6.92 Å². The Hall–Kier alpha value is 1.45. The van der Waals surface area contributed by atoms with E-state index in [2.05, 4.69) is 6.92 Å². The summed E-state index contributed by atoms with van der Waals surface area (Å²) in [5.74, 6) is 0.962. The fourth-order valence-corrected chi connectivity index (χ4v) is 1.81. The third-order valence-electron chi connectivity index (χ3n) is 2.88. The van der Waals surface area contributed by atoms with Gasteiger partial charge in [-0.05, 0) is 37.8 Å². The van der Waals surface area contributed by atoms with E-state index in [9.17, 15) is 12.9 Å². The van der Waals surface area contributed by atoms with Gasteiger partial charge >= 0.3 is 58.4 Å². The van der Waals surface area contributed by atoms with E-state index in [0.29, 0.717) is 24.9 Å². The van der Waals surface area contributed by atoms with Crippen LogP contribution in [0.25, 0.3) is 0 Å². The van der Waals surface area contributed by atoms with Crippen LogP contribution < -0.4 is 51.4 Å². The molecule has 1 nitrogen and oxygen atoms in total. The normalized spacial score (nSPS) is 29.8. The standard InChI is InChI=1S/C8H16BF3N.K/c1-7-3-4-13(5-8(7)2)6-9(10,11)12;/h7-8H,3-6H2,1-2H3;/q-1;+1. The van der Waals surface area contributed by atoms with Crippen molar-refractivity contribution in [1.29, 1.82) is 0 Å². The molecule has 0 bridgehead atoms. The van der Waals surface area contributed by atoms with Gasteiger partial charge in [-0.1, -0.05) is 13.8 Å². The van der Waals surface area contributed by atoms with Crippen LogP contribution >= 0.6 is 0 Å². The molecule has 0 radical (unpaired) electrons. The molecule has 0 amide bonds. The van der Waals surface area contributed by atoms with E-state index >= 15 is 0 Å². The van der Waals surface area contributed by atoms with Gasteiger partial charge in [-0.15, -0.1) is 0 Å². The van der Waals surface area contributed by atoms with Crippen LogP contribution in [-0.2, 0) is 0 Å². The fraction of sp³-hybridized carbons (Fsp3) is 1.00. The summed E-state index contributed by atoms with van der Waals surface area (Å²) in [7, 11) is 0. The van der Waals surface area contributed by atoms with Gasteiger partial charge in [0.15, 0.2) is 0 Å². The van der Waals surface area contributed by atoms with Crippen LogP contribution in [0.5, 0.6) is 0 Å². The molecule has 0 aromatic rings. The van der Waals surface area contributed by atoms with Crippen molar-refractivity contribution in [2.75, 3.05) is 19.5 Å². The van der Waals surface area contributed by atoms with Gasteiger partial charge in [-0.2, -0.15) is 0 Å². The van der Waals surface area contributed by atoms with Gasteiger partial charge in [0.2, 0.25) is 0 Å². The van der Waals surface area contributed by atoms with Crippen LogP contribution in [0, 0.1) is 11.8 Å². The maximum absolute atomic E-state index is 12.1. The summed E-state index contributed by atoms with van der Waals surface area (Å²) in [6.45, 7) is 0.704. The average molecular weight is 233 g/mol. The Morgan fingerprint density at radius 3 is 2.21 bits per heavy atom. The number of hydrogen-bond donors (Lipinski definition) is 0. The summed E-state index contributed by atoms with van der Waals surface area (Å²) in [5, 5.41) is 0. The second-order valence-electron chi connectivity index (χ2n) is 4.21. The van der Waals surface area contributed by atoms with Crippen molar-refractivity contribution >= 4 is 6.98 Å². The summed E-state index contributed by atoms with van der Waals surface area (Å²) in [6.07, 6.45) is 0.213. The SMILES string of the molecule is CC1CCN(C[B-](F)(F)F)CC1C.[K+]. The summed E-state index contributed by atoms with van der Waals surface area (Å²) in [5.41, 5.74) is 0. The van der Waals surface area contributed by atoms with Gasteiger partial charge in [0.05, 0.1) is 0 Å². The van der Waals surface area contributed by atoms with Gasteiger partial charge in [0, 0.05) is 0 Å². The molecule has 0 aromatic carbocycles. The van der Waals surface area contributed by atoms with Crippen molar-refractivity contribution < 1.29 is 64.3 Å². The topological polar surface area (TPSA) is 3.24 Å². The first-order valence-electron chi connectivity index (χ1n) is 4.82. The summed E-state index contributed by atoms with van der Waals surface area (Å²) in [4.78, 5) is 1.53. The molecule has 14 heavy (non-hydrogen) atoms. The second-order valence-corrected chi connectivity index (χ2v) is 4.21. The van der Waals surface area contributed by atoms with E-state index < -0.39 is 13.4 Å². The Morgan fingerprint density at radius 1 is 1.21 bits per heavy atom. The van der Waals surface area contributed by atoms with Crippen LogP contribution in [0.4, 0.5) is 12.9 Å². The number of likely N-dealkylation sites (tertiary alicyclic amines) is 1. The summed E-state index contributed by atoms with van der Waals surface area (Å²) in [6, 6.07) is 0. The van der Waals surface area contributed by atoms with Crippen LogP contribution in [0.1, 0.15) is 20.3 Å². The molecule has 2 atom stereocenters. The van der Waals surface area contributed by atoms with E-state index in [0.717, 1.165) is 6.42 Å². The minimum Gasteiger partial charge on any atom is -0.448 e. The van der Waals surface area contributed by atoms with E-state index in [1.165, 1.54) is 4.90 Å². The molecule has 1 aliphatic heterocycles. The van der Waals surface area contributed by atoms with Crippen molar-refractivity contribution in [2.45, 2.75) is 20.3 Å². The Balaban J connectivity index is 0.00000169. The van der Waals surface area contributed by atoms with Crippen molar-refractivity contribution in [3.8, 4) is 0 Å². The molecule has 1 saturated heterocycles. The quantitative estimate of drug-likeness (QED) is 0.573. The van der Waals surface area contributed by atoms with Gasteiger partial charge in [0.1, 0.15) is 0 Å². The predicted molar refractivity (Wildman–Crippen MR) is 48.5 cm³/mol.